The summed E-state index contributed by atoms with van der Waals surface area (Å²) >= 11 is 1.61. The average molecular weight is 367 g/mol. The van der Waals surface area contributed by atoms with Gasteiger partial charge in [0.05, 0.1) is 19.1 Å². The van der Waals surface area contributed by atoms with E-state index in [1.165, 1.54) is 0 Å². The highest BCUT2D eigenvalue weighted by Crippen LogP contribution is 2.27. The molecule has 0 fully saturated rings. The maximum atomic E-state index is 5.47. The predicted molar refractivity (Wildman–Crippen MR) is 97.2 cm³/mol. The fraction of sp³-hybridized carbons (Fsp3) is 0.278. The molecule has 0 saturated carbocycles. The Labute approximate surface area is 153 Å². The zero-order valence-corrected chi connectivity index (χ0v) is 15.1. The zero-order chi connectivity index (χ0) is 17.5. The Hall–Kier alpha value is -2.71. The van der Waals surface area contributed by atoms with Gasteiger partial charge in [-0.05, 0) is 12.1 Å². The third-order valence-corrected chi connectivity index (χ3v) is 5.40. The summed E-state index contributed by atoms with van der Waals surface area (Å²) in [6, 6.07) is 3.73. The molecule has 5 rings (SSSR count). The Morgan fingerprint density at radius 1 is 1.35 bits per heavy atom. The summed E-state index contributed by atoms with van der Waals surface area (Å²) in [5.74, 6) is 2.06. The van der Waals surface area contributed by atoms with E-state index in [0.717, 1.165) is 48.0 Å². The number of ether oxygens (including phenoxy) is 1. The van der Waals surface area contributed by atoms with Crippen LogP contribution in [0, 0.1) is 0 Å². The molecule has 0 N–H and O–H groups in total. The van der Waals surface area contributed by atoms with Gasteiger partial charge in [-0.15, -0.1) is 11.3 Å². The number of furan rings is 1. The van der Waals surface area contributed by atoms with Crippen LogP contribution in [0.15, 0.2) is 40.6 Å². The van der Waals surface area contributed by atoms with E-state index in [-0.39, 0.29) is 0 Å². The second kappa shape index (κ2) is 6.22. The van der Waals surface area contributed by atoms with Crippen molar-refractivity contribution in [1.82, 2.24) is 24.3 Å². The Balaban J connectivity index is 1.39. The monoisotopic (exact) mass is 367 g/mol. The number of hydrogen-bond donors (Lipinski definition) is 0. The molecule has 0 amide bonds. The largest absolute Gasteiger partial charge is 0.480 e. The van der Waals surface area contributed by atoms with Crippen molar-refractivity contribution in [3.05, 3.63) is 53.1 Å². The molecule has 26 heavy (non-hydrogen) atoms. The molecule has 0 saturated heterocycles. The molecule has 5 heterocycles. The van der Waals surface area contributed by atoms with E-state index in [1.54, 1.807) is 24.7 Å². The smallest absolute Gasteiger partial charge is 0.237 e. The van der Waals surface area contributed by atoms with Gasteiger partial charge in [0.1, 0.15) is 5.69 Å². The van der Waals surface area contributed by atoms with Crippen molar-refractivity contribution in [2.75, 3.05) is 13.7 Å². The van der Waals surface area contributed by atoms with Crippen LogP contribution in [0.25, 0.3) is 16.5 Å². The molecule has 0 aliphatic carbocycles. The summed E-state index contributed by atoms with van der Waals surface area (Å²) in [4.78, 5) is 17.0. The van der Waals surface area contributed by atoms with Crippen LogP contribution in [-0.2, 0) is 19.5 Å². The van der Waals surface area contributed by atoms with Gasteiger partial charge in [0, 0.05) is 49.4 Å². The van der Waals surface area contributed by atoms with Crippen LogP contribution in [-0.4, -0.2) is 37.9 Å². The molecule has 0 aromatic carbocycles. The quantitative estimate of drug-likeness (QED) is 0.552. The number of rotatable bonds is 4. The normalized spacial score (nSPS) is 14.7. The summed E-state index contributed by atoms with van der Waals surface area (Å²) in [6.07, 6.45) is 6.49. The Morgan fingerprint density at radius 3 is 3.15 bits per heavy atom. The maximum absolute atomic E-state index is 5.47. The molecule has 0 atom stereocenters. The van der Waals surface area contributed by atoms with Crippen LogP contribution in [0.3, 0.4) is 0 Å². The van der Waals surface area contributed by atoms with Crippen molar-refractivity contribution in [3.8, 4) is 17.5 Å². The van der Waals surface area contributed by atoms with Gasteiger partial charge in [0.15, 0.2) is 16.5 Å². The van der Waals surface area contributed by atoms with Gasteiger partial charge in [-0.1, -0.05) is 0 Å². The van der Waals surface area contributed by atoms with Crippen LogP contribution in [0.5, 0.6) is 5.88 Å². The molecule has 1 aliphatic heterocycles. The number of nitrogens with zero attached hydrogens (tertiary/aromatic N) is 5. The molecule has 4 aromatic heterocycles. The molecular formula is C18H17N5O2S. The lowest BCUT2D eigenvalue weighted by Gasteiger charge is -2.27. The lowest BCUT2D eigenvalue weighted by atomic mass is 10.1. The minimum absolute atomic E-state index is 0.652. The van der Waals surface area contributed by atoms with E-state index in [1.807, 2.05) is 29.9 Å². The standard InChI is InChI=1S/C18H17N5O2S/c1-24-17-14(23-6-8-26-18(23)21-17)11-22-5-4-13-12(10-22)9-19-16(20-13)15-3-2-7-25-15/h2-3,6-9H,4-5,10-11H2,1H3. The highest BCUT2D eigenvalue weighted by molar-refractivity contribution is 7.15. The number of fused-ring (bicyclic) bond motifs is 2. The van der Waals surface area contributed by atoms with Crippen molar-refractivity contribution in [1.29, 1.82) is 0 Å². The van der Waals surface area contributed by atoms with E-state index >= 15 is 0 Å². The second-order valence-electron chi connectivity index (χ2n) is 6.23. The van der Waals surface area contributed by atoms with Crippen molar-refractivity contribution >= 4 is 16.3 Å². The van der Waals surface area contributed by atoms with Crippen LogP contribution >= 0.6 is 11.3 Å². The molecule has 0 radical (unpaired) electrons. The summed E-state index contributed by atoms with van der Waals surface area (Å²) in [5, 5.41) is 2.04. The lowest BCUT2D eigenvalue weighted by Crippen LogP contribution is -2.31. The Morgan fingerprint density at radius 2 is 2.31 bits per heavy atom. The van der Waals surface area contributed by atoms with Gasteiger partial charge in [0.2, 0.25) is 5.88 Å². The lowest BCUT2D eigenvalue weighted by molar-refractivity contribution is 0.235. The molecule has 0 spiro atoms. The maximum Gasteiger partial charge on any atom is 0.237 e. The van der Waals surface area contributed by atoms with E-state index in [0.29, 0.717) is 17.5 Å². The minimum Gasteiger partial charge on any atom is -0.480 e. The molecule has 1 aliphatic rings. The number of thiazole rings is 1. The first-order valence-electron chi connectivity index (χ1n) is 8.41. The fourth-order valence-corrected chi connectivity index (χ4v) is 4.09. The minimum atomic E-state index is 0.652. The molecule has 7 nitrogen and oxygen atoms in total. The van der Waals surface area contributed by atoms with Crippen LogP contribution in [0.4, 0.5) is 0 Å². The van der Waals surface area contributed by atoms with E-state index in [2.05, 4.69) is 19.3 Å². The number of methoxy groups -OCH3 is 1. The highest BCUT2D eigenvalue weighted by atomic mass is 32.1. The van der Waals surface area contributed by atoms with Gasteiger partial charge in [-0.3, -0.25) is 9.30 Å². The van der Waals surface area contributed by atoms with Crippen molar-refractivity contribution in [2.24, 2.45) is 0 Å². The first-order valence-corrected chi connectivity index (χ1v) is 9.29. The first kappa shape index (κ1) is 15.5. The number of aromatic nitrogens is 4. The van der Waals surface area contributed by atoms with Gasteiger partial charge in [-0.2, -0.15) is 4.98 Å². The van der Waals surface area contributed by atoms with Gasteiger partial charge >= 0.3 is 0 Å². The third-order valence-electron chi connectivity index (χ3n) is 4.65. The Kier molecular flexibility index (Phi) is 3.72. The number of imidazole rings is 1. The highest BCUT2D eigenvalue weighted by Gasteiger charge is 2.23. The molecule has 132 valence electrons. The Bertz CT molecular complexity index is 1050. The van der Waals surface area contributed by atoms with Crippen molar-refractivity contribution in [3.63, 3.8) is 0 Å². The van der Waals surface area contributed by atoms with E-state index < -0.39 is 0 Å². The summed E-state index contributed by atoms with van der Waals surface area (Å²) in [6.45, 7) is 2.52. The summed E-state index contributed by atoms with van der Waals surface area (Å²) < 4.78 is 13.0. The predicted octanol–water partition coefficient (Wildman–Crippen LogP) is 3.01. The second-order valence-corrected chi connectivity index (χ2v) is 7.10. The van der Waals surface area contributed by atoms with Crippen LogP contribution in [0.2, 0.25) is 0 Å². The van der Waals surface area contributed by atoms with E-state index in [4.69, 9.17) is 14.1 Å². The molecule has 8 heteroatoms. The number of hydrogen-bond acceptors (Lipinski definition) is 7. The molecule has 4 aromatic rings. The SMILES string of the molecule is COc1nc2sccn2c1CN1CCc2nc(-c3ccco3)ncc2C1. The average Bonchev–Trinajstić information content (AvgIpc) is 3.40. The van der Waals surface area contributed by atoms with Crippen molar-refractivity contribution < 1.29 is 9.15 Å². The van der Waals surface area contributed by atoms with Gasteiger partial charge in [-0.25, -0.2) is 9.97 Å². The van der Waals surface area contributed by atoms with Crippen LogP contribution < -0.4 is 4.74 Å². The van der Waals surface area contributed by atoms with Gasteiger partial charge in [0.25, 0.3) is 0 Å². The first-order chi connectivity index (χ1) is 12.8. The topological polar surface area (TPSA) is 68.7 Å². The summed E-state index contributed by atoms with van der Waals surface area (Å²) in [7, 11) is 1.67. The molecule has 0 bridgehead atoms. The van der Waals surface area contributed by atoms with Crippen molar-refractivity contribution in [2.45, 2.75) is 19.5 Å². The van der Waals surface area contributed by atoms with Crippen LogP contribution in [0.1, 0.15) is 17.0 Å². The third kappa shape index (κ3) is 2.58. The van der Waals surface area contributed by atoms with Gasteiger partial charge < -0.3 is 9.15 Å². The molecule has 0 unspecified atom stereocenters. The molecular weight excluding hydrogens is 350 g/mol. The summed E-state index contributed by atoms with van der Waals surface area (Å²) in [5.41, 5.74) is 3.35. The fourth-order valence-electron chi connectivity index (χ4n) is 3.37. The van der Waals surface area contributed by atoms with E-state index in [9.17, 15) is 0 Å². The zero-order valence-electron chi connectivity index (χ0n) is 14.3.